The predicted molar refractivity (Wildman–Crippen MR) is 118 cm³/mol. The van der Waals surface area contributed by atoms with Crippen molar-refractivity contribution in [3.8, 4) is 11.5 Å². The molecule has 0 atom stereocenters. The van der Waals surface area contributed by atoms with Crippen molar-refractivity contribution >= 4 is 26.7 Å². The number of ether oxygens (including phenoxy) is 1. The van der Waals surface area contributed by atoms with E-state index in [-0.39, 0.29) is 22.0 Å². The number of hydrogen-bond donors (Lipinski definition) is 0. The Kier molecular flexibility index (Phi) is 5.98. The number of sulfonamides is 1. The van der Waals surface area contributed by atoms with Gasteiger partial charge in [0.1, 0.15) is 11.3 Å². The van der Waals surface area contributed by atoms with Crippen molar-refractivity contribution in [2.24, 2.45) is 0 Å². The Morgan fingerprint density at radius 2 is 1.75 bits per heavy atom. The van der Waals surface area contributed by atoms with E-state index in [1.54, 1.807) is 19.1 Å². The molecule has 1 aliphatic heterocycles. The van der Waals surface area contributed by atoms with Crippen molar-refractivity contribution in [1.29, 1.82) is 0 Å². The van der Waals surface area contributed by atoms with Gasteiger partial charge in [0, 0.05) is 36.7 Å². The second-order valence-corrected chi connectivity index (χ2v) is 9.65. The zero-order valence-corrected chi connectivity index (χ0v) is 18.3. The summed E-state index contributed by atoms with van der Waals surface area (Å²) in [6, 6.07) is 9.74. The Morgan fingerprint density at radius 3 is 2.44 bits per heavy atom. The van der Waals surface area contributed by atoms with E-state index in [9.17, 15) is 23.3 Å². The highest BCUT2D eigenvalue weighted by Gasteiger charge is 2.28. The maximum atomic E-state index is 13.0. The van der Waals surface area contributed by atoms with Gasteiger partial charge in [0.2, 0.25) is 15.8 Å². The van der Waals surface area contributed by atoms with E-state index in [1.165, 1.54) is 28.6 Å². The maximum Gasteiger partial charge on any atom is 0.336 e. The molecule has 0 unspecified atom stereocenters. The van der Waals surface area contributed by atoms with Crippen LogP contribution in [-0.4, -0.2) is 30.7 Å². The molecule has 1 saturated heterocycles. The highest BCUT2D eigenvalue weighted by molar-refractivity contribution is 7.89. The number of hydrogen-bond acceptors (Lipinski definition) is 7. The van der Waals surface area contributed by atoms with Crippen LogP contribution in [0.5, 0.6) is 11.5 Å². The molecule has 2 aromatic carbocycles. The molecular weight excluding hydrogens is 436 g/mol. The van der Waals surface area contributed by atoms with Gasteiger partial charge in [-0.2, -0.15) is 4.31 Å². The molecule has 168 valence electrons. The van der Waals surface area contributed by atoms with Gasteiger partial charge >= 0.3 is 11.3 Å². The van der Waals surface area contributed by atoms with Crippen LogP contribution in [0.2, 0.25) is 0 Å². The lowest BCUT2D eigenvalue weighted by Gasteiger charge is -2.20. The zero-order chi connectivity index (χ0) is 22.9. The van der Waals surface area contributed by atoms with Crippen LogP contribution >= 0.6 is 0 Å². The molecule has 32 heavy (non-hydrogen) atoms. The Bertz CT molecular complexity index is 1340. The van der Waals surface area contributed by atoms with Crippen LogP contribution < -0.4 is 10.4 Å². The van der Waals surface area contributed by atoms with Crippen LogP contribution in [0.4, 0.5) is 5.69 Å². The SMILES string of the molecule is Cc1cc(=O)oc2cc(Oc3ccc(S(=O)(=O)N4CCCCCC4)cc3[N+](=O)[O-])ccc12. The van der Waals surface area contributed by atoms with Gasteiger partial charge in [-0.25, -0.2) is 13.2 Å². The minimum absolute atomic E-state index is 0.112. The number of nitro groups is 1. The van der Waals surface area contributed by atoms with Gasteiger partial charge in [-0.05, 0) is 49.6 Å². The Hall–Kier alpha value is -3.24. The van der Waals surface area contributed by atoms with Crippen LogP contribution in [0.15, 0.2) is 56.6 Å². The topological polar surface area (TPSA) is 120 Å². The first-order valence-electron chi connectivity index (χ1n) is 10.3. The first-order valence-corrected chi connectivity index (χ1v) is 11.7. The molecule has 4 rings (SSSR count). The summed E-state index contributed by atoms with van der Waals surface area (Å²) in [6.07, 6.45) is 3.45. The van der Waals surface area contributed by atoms with Gasteiger partial charge in [-0.15, -0.1) is 0 Å². The summed E-state index contributed by atoms with van der Waals surface area (Å²) in [5.41, 5.74) is 0.0419. The third-order valence-electron chi connectivity index (χ3n) is 5.48. The zero-order valence-electron chi connectivity index (χ0n) is 17.4. The molecule has 0 amide bonds. The molecule has 3 aromatic rings. The Balaban J connectivity index is 1.69. The Morgan fingerprint density at radius 1 is 1.03 bits per heavy atom. The van der Waals surface area contributed by atoms with Gasteiger partial charge in [0.25, 0.3) is 0 Å². The molecular formula is C22H22N2O7S. The third-order valence-corrected chi connectivity index (χ3v) is 7.38. The highest BCUT2D eigenvalue weighted by Crippen LogP contribution is 2.35. The lowest BCUT2D eigenvalue weighted by Crippen LogP contribution is -2.31. The fourth-order valence-electron chi connectivity index (χ4n) is 3.81. The fraction of sp³-hybridized carbons (Fsp3) is 0.318. The van der Waals surface area contributed by atoms with E-state index in [2.05, 4.69) is 0 Å². The largest absolute Gasteiger partial charge is 0.450 e. The van der Waals surface area contributed by atoms with Crippen molar-refractivity contribution in [3.05, 3.63) is 68.6 Å². The standard InChI is InChI=1S/C22H22N2O7S/c1-15-12-22(25)31-21-13-16(6-8-18(15)21)30-20-9-7-17(14-19(20)24(26)27)32(28,29)23-10-4-2-3-5-11-23/h6-9,12-14H,2-5,10-11H2,1H3. The van der Waals surface area contributed by atoms with Gasteiger partial charge in [0.15, 0.2) is 0 Å². The van der Waals surface area contributed by atoms with Gasteiger partial charge in [-0.1, -0.05) is 12.8 Å². The number of benzene rings is 2. The van der Waals surface area contributed by atoms with E-state index in [1.807, 2.05) is 0 Å². The van der Waals surface area contributed by atoms with E-state index < -0.39 is 26.3 Å². The molecule has 1 aromatic heterocycles. The number of fused-ring (bicyclic) bond motifs is 1. The Labute approximate surface area is 184 Å². The van der Waals surface area contributed by atoms with Crippen LogP contribution in [0.1, 0.15) is 31.2 Å². The molecule has 0 spiro atoms. The second kappa shape index (κ2) is 8.71. The van der Waals surface area contributed by atoms with Crippen LogP contribution in [0.25, 0.3) is 11.0 Å². The average Bonchev–Trinajstić information content (AvgIpc) is 3.03. The van der Waals surface area contributed by atoms with Crippen LogP contribution in [0.3, 0.4) is 0 Å². The summed E-state index contributed by atoms with van der Waals surface area (Å²) >= 11 is 0. The van der Waals surface area contributed by atoms with Crippen LogP contribution in [-0.2, 0) is 10.0 Å². The van der Waals surface area contributed by atoms with E-state index in [0.29, 0.717) is 18.5 Å². The molecule has 1 fully saturated rings. The molecule has 2 heterocycles. The quantitative estimate of drug-likeness (QED) is 0.316. The van der Waals surface area contributed by atoms with Crippen molar-refractivity contribution < 1.29 is 22.5 Å². The highest BCUT2D eigenvalue weighted by atomic mass is 32.2. The van der Waals surface area contributed by atoms with Crippen molar-refractivity contribution in [2.45, 2.75) is 37.5 Å². The molecule has 0 bridgehead atoms. The summed E-state index contributed by atoms with van der Waals surface area (Å²) in [5, 5.41) is 12.4. The molecule has 0 N–H and O–H groups in total. The lowest BCUT2D eigenvalue weighted by molar-refractivity contribution is -0.385. The summed E-state index contributed by atoms with van der Waals surface area (Å²) in [5.74, 6) is 0.108. The second-order valence-electron chi connectivity index (χ2n) is 7.71. The third kappa shape index (κ3) is 4.37. The minimum atomic E-state index is -3.85. The number of aryl methyl sites for hydroxylation is 1. The number of rotatable bonds is 5. The molecule has 0 aliphatic carbocycles. The minimum Gasteiger partial charge on any atom is -0.450 e. The fourth-order valence-corrected chi connectivity index (χ4v) is 5.35. The summed E-state index contributed by atoms with van der Waals surface area (Å²) in [7, 11) is -3.85. The first kappa shape index (κ1) is 22.0. The normalized spacial score (nSPS) is 15.4. The van der Waals surface area contributed by atoms with Gasteiger partial charge < -0.3 is 9.15 Å². The maximum absolute atomic E-state index is 13.0. The molecule has 9 nitrogen and oxygen atoms in total. The first-order chi connectivity index (χ1) is 15.3. The molecule has 0 saturated carbocycles. The van der Waals surface area contributed by atoms with E-state index in [4.69, 9.17) is 9.15 Å². The van der Waals surface area contributed by atoms with E-state index in [0.717, 1.165) is 37.3 Å². The molecule has 10 heteroatoms. The predicted octanol–water partition coefficient (Wildman–Crippen LogP) is 4.37. The van der Waals surface area contributed by atoms with Crippen molar-refractivity contribution in [1.82, 2.24) is 4.31 Å². The smallest absolute Gasteiger partial charge is 0.336 e. The van der Waals surface area contributed by atoms with Crippen molar-refractivity contribution in [3.63, 3.8) is 0 Å². The number of nitrogens with zero attached hydrogens (tertiary/aromatic N) is 2. The molecule has 0 radical (unpaired) electrons. The van der Waals surface area contributed by atoms with Gasteiger partial charge in [-0.3, -0.25) is 10.1 Å². The number of nitro benzene ring substituents is 1. The van der Waals surface area contributed by atoms with Gasteiger partial charge in [0.05, 0.1) is 9.82 Å². The summed E-state index contributed by atoms with van der Waals surface area (Å²) in [4.78, 5) is 22.5. The lowest BCUT2D eigenvalue weighted by atomic mass is 10.1. The van der Waals surface area contributed by atoms with Crippen molar-refractivity contribution in [2.75, 3.05) is 13.1 Å². The summed E-state index contributed by atoms with van der Waals surface area (Å²) < 4.78 is 38.3. The molecule has 1 aliphatic rings. The van der Waals surface area contributed by atoms with Crippen LogP contribution in [0, 0.1) is 17.0 Å². The monoisotopic (exact) mass is 458 g/mol. The van der Waals surface area contributed by atoms with E-state index >= 15 is 0 Å². The summed E-state index contributed by atoms with van der Waals surface area (Å²) in [6.45, 7) is 2.57. The average molecular weight is 458 g/mol.